The molecule has 2 aliphatic heterocycles. The Balaban J connectivity index is 1.76. The van der Waals surface area contributed by atoms with Crippen LogP contribution in [0.4, 0.5) is 0 Å². The van der Waals surface area contributed by atoms with Gasteiger partial charge in [0, 0.05) is 12.3 Å². The first-order valence-corrected chi connectivity index (χ1v) is 7.01. The Kier molecular flexibility index (Phi) is 2.46. The number of nitrogens with zero attached hydrogens (tertiary/aromatic N) is 1. The summed E-state index contributed by atoms with van der Waals surface area (Å²) in [5.74, 6) is 0.460. The summed E-state index contributed by atoms with van der Waals surface area (Å²) in [6.45, 7) is 4.23. The lowest BCUT2D eigenvalue weighted by atomic mass is 9.89. The smallest absolute Gasteiger partial charge is 0.164 e. The van der Waals surface area contributed by atoms with Gasteiger partial charge in [0.2, 0.25) is 5.70 Å². The van der Waals surface area contributed by atoms with Crippen molar-refractivity contribution in [1.82, 2.24) is 0 Å². The van der Waals surface area contributed by atoms with E-state index in [0.717, 1.165) is 12.1 Å². The van der Waals surface area contributed by atoms with Crippen molar-refractivity contribution in [2.75, 3.05) is 0 Å². The molecule has 0 spiro atoms. The van der Waals surface area contributed by atoms with Crippen LogP contribution in [0.2, 0.25) is 0 Å². The molecule has 0 bridgehead atoms. The quantitative estimate of drug-likeness (QED) is 0.675. The van der Waals surface area contributed by atoms with Crippen molar-refractivity contribution in [2.45, 2.75) is 12.3 Å². The summed E-state index contributed by atoms with van der Waals surface area (Å²) in [7, 11) is 0. The van der Waals surface area contributed by atoms with E-state index in [9.17, 15) is 0 Å². The minimum atomic E-state index is 0.460. The van der Waals surface area contributed by atoms with Crippen LogP contribution in [0.25, 0.3) is 5.70 Å². The Hall–Kier alpha value is -2.41. The van der Waals surface area contributed by atoms with E-state index in [0.29, 0.717) is 5.92 Å². The van der Waals surface area contributed by atoms with Gasteiger partial charge in [0.1, 0.15) is 0 Å². The van der Waals surface area contributed by atoms with Gasteiger partial charge in [0.15, 0.2) is 11.9 Å². The highest BCUT2D eigenvalue weighted by Crippen LogP contribution is 2.35. The van der Waals surface area contributed by atoms with Crippen molar-refractivity contribution in [2.24, 2.45) is 0 Å². The number of allylic oxidation sites excluding steroid dienone is 1. The van der Waals surface area contributed by atoms with Crippen LogP contribution < -0.4 is 0 Å². The molecule has 2 aromatic carbocycles. The van der Waals surface area contributed by atoms with Gasteiger partial charge in [-0.15, -0.1) is 0 Å². The fraction of sp³-hybridized carbons (Fsp3) is 0.105. The molecular weight excluding hydrogens is 242 g/mol. The summed E-state index contributed by atoms with van der Waals surface area (Å²) < 4.78 is 2.24. The SMILES string of the molecule is C=C1c2ccccc2C2=[N+]1C=CC(c1ccccc1)C2. The maximum Gasteiger partial charge on any atom is 0.211 e. The fourth-order valence-electron chi connectivity index (χ4n) is 3.19. The molecule has 1 nitrogen and oxygen atoms in total. The van der Waals surface area contributed by atoms with Crippen LogP contribution in [0.15, 0.2) is 73.5 Å². The standard InChI is InChI=1S/C19H16N/c1-14-17-9-5-6-10-18(17)19-13-16(11-12-20(14)19)15-7-3-2-4-8-15/h2-12,16H,1,13H2/q+1. The van der Waals surface area contributed by atoms with Crippen molar-refractivity contribution >= 4 is 11.4 Å². The summed E-state index contributed by atoms with van der Waals surface area (Å²) in [4.78, 5) is 0. The van der Waals surface area contributed by atoms with Gasteiger partial charge >= 0.3 is 0 Å². The molecule has 20 heavy (non-hydrogen) atoms. The molecule has 1 heteroatoms. The molecule has 0 aromatic heterocycles. The monoisotopic (exact) mass is 258 g/mol. The van der Waals surface area contributed by atoms with Gasteiger partial charge < -0.3 is 0 Å². The first-order valence-electron chi connectivity index (χ1n) is 7.01. The van der Waals surface area contributed by atoms with Crippen molar-refractivity contribution < 1.29 is 4.58 Å². The molecule has 0 amide bonds. The second-order valence-electron chi connectivity index (χ2n) is 5.37. The number of rotatable bonds is 1. The van der Waals surface area contributed by atoms with E-state index < -0.39 is 0 Å². The minimum absolute atomic E-state index is 0.460. The largest absolute Gasteiger partial charge is 0.211 e. The summed E-state index contributed by atoms with van der Waals surface area (Å²) in [5.41, 5.74) is 6.45. The minimum Gasteiger partial charge on any atom is -0.164 e. The van der Waals surface area contributed by atoms with Crippen LogP contribution >= 0.6 is 0 Å². The van der Waals surface area contributed by atoms with Crippen LogP contribution in [0.3, 0.4) is 0 Å². The third kappa shape index (κ3) is 1.60. The zero-order chi connectivity index (χ0) is 13.5. The lowest BCUT2D eigenvalue weighted by Gasteiger charge is -2.14. The number of hydrogen-bond acceptors (Lipinski definition) is 0. The number of hydrogen-bond donors (Lipinski definition) is 0. The molecule has 2 heterocycles. The average Bonchev–Trinajstić information content (AvgIpc) is 2.81. The first-order chi connectivity index (χ1) is 9.84. The second kappa shape index (κ2) is 4.31. The van der Waals surface area contributed by atoms with Crippen LogP contribution in [0.5, 0.6) is 0 Å². The average molecular weight is 258 g/mol. The van der Waals surface area contributed by atoms with Crippen molar-refractivity contribution in [3.63, 3.8) is 0 Å². The van der Waals surface area contributed by atoms with Crippen LogP contribution in [0.1, 0.15) is 29.0 Å². The molecule has 0 N–H and O–H groups in total. The summed E-state index contributed by atoms with van der Waals surface area (Å²) in [6, 6.07) is 19.3. The van der Waals surface area contributed by atoms with Gasteiger partial charge in [-0.25, -0.2) is 0 Å². The first kappa shape index (κ1) is 11.4. The molecule has 4 rings (SSSR count). The lowest BCUT2D eigenvalue weighted by Crippen LogP contribution is -2.17. The molecule has 0 saturated heterocycles. The molecule has 0 radical (unpaired) electrons. The van der Waals surface area contributed by atoms with Gasteiger partial charge in [0.25, 0.3) is 0 Å². The summed E-state index contributed by atoms with van der Waals surface area (Å²) >= 11 is 0. The molecule has 0 fully saturated rings. The molecule has 1 unspecified atom stereocenters. The molecular formula is C19H16N+. The molecule has 2 aromatic rings. The van der Waals surface area contributed by atoms with Gasteiger partial charge in [-0.05, 0) is 30.4 Å². The van der Waals surface area contributed by atoms with E-state index in [1.165, 1.54) is 22.4 Å². The van der Waals surface area contributed by atoms with E-state index in [4.69, 9.17) is 0 Å². The van der Waals surface area contributed by atoms with Crippen LogP contribution in [-0.4, -0.2) is 10.3 Å². The third-order valence-electron chi connectivity index (χ3n) is 4.24. The molecule has 1 atom stereocenters. The van der Waals surface area contributed by atoms with Crippen molar-refractivity contribution in [3.8, 4) is 0 Å². The Morgan fingerprint density at radius 3 is 2.40 bits per heavy atom. The Morgan fingerprint density at radius 2 is 1.60 bits per heavy atom. The fourth-order valence-corrected chi connectivity index (χ4v) is 3.19. The van der Waals surface area contributed by atoms with E-state index in [2.05, 4.69) is 78.0 Å². The molecule has 0 aliphatic carbocycles. The highest BCUT2D eigenvalue weighted by atomic mass is 15.0. The zero-order valence-corrected chi connectivity index (χ0v) is 11.3. The van der Waals surface area contributed by atoms with E-state index in [1.54, 1.807) is 0 Å². The van der Waals surface area contributed by atoms with Gasteiger partial charge in [-0.3, -0.25) is 0 Å². The number of fused-ring (bicyclic) bond motifs is 2. The van der Waals surface area contributed by atoms with Crippen molar-refractivity contribution in [3.05, 3.63) is 90.1 Å². The van der Waals surface area contributed by atoms with E-state index in [-0.39, 0.29) is 0 Å². The highest BCUT2D eigenvalue weighted by Gasteiger charge is 2.35. The highest BCUT2D eigenvalue weighted by molar-refractivity contribution is 6.06. The maximum atomic E-state index is 4.23. The predicted octanol–water partition coefficient (Wildman–Crippen LogP) is 4.17. The normalized spacial score (nSPS) is 20.0. The lowest BCUT2D eigenvalue weighted by molar-refractivity contribution is -0.349. The molecule has 96 valence electrons. The van der Waals surface area contributed by atoms with E-state index in [1.807, 2.05) is 0 Å². The van der Waals surface area contributed by atoms with Crippen molar-refractivity contribution in [1.29, 1.82) is 0 Å². The van der Waals surface area contributed by atoms with Crippen LogP contribution in [0, 0.1) is 0 Å². The van der Waals surface area contributed by atoms with Gasteiger partial charge in [-0.2, -0.15) is 4.58 Å². The van der Waals surface area contributed by atoms with E-state index >= 15 is 0 Å². The Labute approximate surface area is 119 Å². The molecule has 0 saturated carbocycles. The second-order valence-corrected chi connectivity index (χ2v) is 5.37. The topological polar surface area (TPSA) is 3.01 Å². The number of benzene rings is 2. The summed E-state index contributed by atoms with van der Waals surface area (Å²) in [6.07, 6.45) is 5.51. The zero-order valence-electron chi connectivity index (χ0n) is 11.3. The van der Waals surface area contributed by atoms with Gasteiger partial charge in [0.05, 0.1) is 11.1 Å². The van der Waals surface area contributed by atoms with Crippen LogP contribution in [-0.2, 0) is 0 Å². The predicted molar refractivity (Wildman–Crippen MR) is 82.8 cm³/mol. The third-order valence-corrected chi connectivity index (χ3v) is 4.24. The molecule has 2 aliphatic rings. The Bertz CT molecular complexity index is 750. The summed E-state index contributed by atoms with van der Waals surface area (Å²) in [5, 5.41) is 0. The Morgan fingerprint density at radius 1 is 0.900 bits per heavy atom. The maximum absolute atomic E-state index is 4.23. The van der Waals surface area contributed by atoms with Gasteiger partial charge in [-0.1, -0.05) is 42.5 Å².